The number of fused-ring (bicyclic) bond motifs is 2. The average Bonchev–Trinajstić information content (AvgIpc) is 2.56. The summed E-state index contributed by atoms with van der Waals surface area (Å²) in [4.78, 5) is 17.2. The van der Waals surface area contributed by atoms with Crippen LogP contribution in [-0.2, 0) is 0 Å². The molecule has 3 nitrogen and oxygen atoms in total. The van der Waals surface area contributed by atoms with E-state index in [0.29, 0.717) is 11.3 Å². The fraction of sp³-hybridized carbons (Fsp3) is 0.0526. The van der Waals surface area contributed by atoms with Crippen molar-refractivity contribution in [3.8, 4) is 5.69 Å². The highest BCUT2D eigenvalue weighted by Gasteiger charge is 2.11. The molecule has 3 aromatic carbocycles. The number of halogens is 1. The van der Waals surface area contributed by atoms with Gasteiger partial charge in [0, 0.05) is 0 Å². The molecule has 0 bridgehead atoms. The van der Waals surface area contributed by atoms with Crippen molar-refractivity contribution in [3.05, 3.63) is 82.7 Å². The highest BCUT2D eigenvalue weighted by molar-refractivity contribution is 5.84. The highest BCUT2D eigenvalue weighted by Crippen LogP contribution is 2.19. The second-order valence-corrected chi connectivity index (χ2v) is 5.49. The fourth-order valence-corrected chi connectivity index (χ4v) is 2.89. The first kappa shape index (κ1) is 13.6. The highest BCUT2D eigenvalue weighted by atomic mass is 19.1. The van der Waals surface area contributed by atoms with Crippen molar-refractivity contribution in [2.45, 2.75) is 6.92 Å². The van der Waals surface area contributed by atoms with Crippen LogP contribution in [0, 0.1) is 12.7 Å². The lowest BCUT2D eigenvalue weighted by Gasteiger charge is -2.11. The van der Waals surface area contributed by atoms with Crippen LogP contribution in [0.1, 0.15) is 5.82 Å². The van der Waals surface area contributed by atoms with Gasteiger partial charge in [0.15, 0.2) is 0 Å². The Kier molecular flexibility index (Phi) is 2.98. The Labute approximate surface area is 131 Å². The average molecular weight is 304 g/mol. The quantitative estimate of drug-likeness (QED) is 0.533. The Morgan fingerprint density at radius 3 is 2.57 bits per heavy atom. The van der Waals surface area contributed by atoms with E-state index >= 15 is 0 Å². The van der Waals surface area contributed by atoms with Gasteiger partial charge in [-0.2, -0.15) is 0 Å². The summed E-state index contributed by atoms with van der Waals surface area (Å²) < 4.78 is 15.0. The van der Waals surface area contributed by atoms with Crippen molar-refractivity contribution in [1.29, 1.82) is 0 Å². The molecule has 1 heterocycles. The molecule has 0 radical (unpaired) electrons. The third-order valence-corrected chi connectivity index (χ3v) is 3.99. The van der Waals surface area contributed by atoms with Crippen molar-refractivity contribution < 1.29 is 4.39 Å². The number of hydrogen-bond acceptors (Lipinski definition) is 2. The second-order valence-electron chi connectivity index (χ2n) is 5.49. The SMILES string of the molecule is Cc1nc2ccc(F)cc2c(=O)n1-c1ccc2ccccc2c1. The maximum absolute atomic E-state index is 13.5. The summed E-state index contributed by atoms with van der Waals surface area (Å²) in [6.45, 7) is 1.78. The topological polar surface area (TPSA) is 34.9 Å². The number of rotatable bonds is 1. The number of benzene rings is 3. The van der Waals surface area contributed by atoms with E-state index in [-0.39, 0.29) is 10.9 Å². The van der Waals surface area contributed by atoms with Crippen LogP contribution >= 0.6 is 0 Å². The maximum atomic E-state index is 13.5. The normalized spacial score (nSPS) is 11.2. The van der Waals surface area contributed by atoms with Crippen LogP contribution in [0.4, 0.5) is 4.39 Å². The largest absolute Gasteiger partial charge is 0.268 e. The molecule has 0 unspecified atom stereocenters. The Morgan fingerprint density at radius 2 is 1.74 bits per heavy atom. The van der Waals surface area contributed by atoms with Gasteiger partial charge < -0.3 is 0 Å². The van der Waals surface area contributed by atoms with E-state index in [0.717, 1.165) is 16.5 Å². The van der Waals surface area contributed by atoms with Crippen molar-refractivity contribution >= 4 is 21.7 Å². The lowest BCUT2D eigenvalue weighted by Crippen LogP contribution is -2.22. The van der Waals surface area contributed by atoms with Crippen LogP contribution in [-0.4, -0.2) is 9.55 Å². The molecular weight excluding hydrogens is 291 g/mol. The van der Waals surface area contributed by atoms with Gasteiger partial charge in [-0.1, -0.05) is 30.3 Å². The van der Waals surface area contributed by atoms with Gasteiger partial charge in [0.1, 0.15) is 11.6 Å². The molecule has 0 fully saturated rings. The number of aromatic nitrogens is 2. The fourth-order valence-electron chi connectivity index (χ4n) is 2.89. The Hall–Kier alpha value is -3.01. The van der Waals surface area contributed by atoms with E-state index in [1.165, 1.54) is 22.8 Å². The smallest absolute Gasteiger partial charge is 0.266 e. The molecule has 23 heavy (non-hydrogen) atoms. The molecule has 0 aliphatic heterocycles. The van der Waals surface area contributed by atoms with E-state index in [2.05, 4.69) is 4.98 Å². The molecule has 0 spiro atoms. The molecule has 112 valence electrons. The third-order valence-electron chi connectivity index (χ3n) is 3.99. The number of nitrogens with zero attached hydrogens (tertiary/aromatic N) is 2. The van der Waals surface area contributed by atoms with Crippen molar-refractivity contribution in [2.24, 2.45) is 0 Å². The van der Waals surface area contributed by atoms with Crippen molar-refractivity contribution in [1.82, 2.24) is 9.55 Å². The summed E-state index contributed by atoms with van der Waals surface area (Å²) in [6.07, 6.45) is 0. The van der Waals surface area contributed by atoms with E-state index in [1.807, 2.05) is 42.5 Å². The van der Waals surface area contributed by atoms with Gasteiger partial charge in [-0.3, -0.25) is 9.36 Å². The van der Waals surface area contributed by atoms with Crippen LogP contribution < -0.4 is 5.56 Å². The Morgan fingerprint density at radius 1 is 0.957 bits per heavy atom. The zero-order valence-electron chi connectivity index (χ0n) is 12.5. The molecule has 1 aromatic heterocycles. The molecular formula is C19H13FN2O. The standard InChI is InChI=1S/C19H13FN2O/c1-12-21-18-9-7-15(20)11-17(18)19(23)22(12)16-8-6-13-4-2-3-5-14(13)10-16/h2-11H,1H3. The Bertz CT molecular complexity index is 1120. The molecule has 0 amide bonds. The minimum Gasteiger partial charge on any atom is -0.268 e. The summed E-state index contributed by atoms with van der Waals surface area (Å²) >= 11 is 0. The molecule has 0 atom stereocenters. The van der Waals surface area contributed by atoms with Crippen LogP contribution in [0.3, 0.4) is 0 Å². The zero-order valence-corrected chi connectivity index (χ0v) is 12.5. The summed E-state index contributed by atoms with van der Waals surface area (Å²) in [6, 6.07) is 17.8. The monoisotopic (exact) mass is 304 g/mol. The lowest BCUT2D eigenvalue weighted by molar-refractivity contribution is 0.629. The first-order valence-corrected chi connectivity index (χ1v) is 7.31. The van der Waals surface area contributed by atoms with Gasteiger partial charge in [0.2, 0.25) is 0 Å². The molecule has 4 aromatic rings. The van der Waals surface area contributed by atoms with Gasteiger partial charge >= 0.3 is 0 Å². The molecule has 0 aliphatic carbocycles. The predicted molar refractivity (Wildman–Crippen MR) is 89.5 cm³/mol. The van der Waals surface area contributed by atoms with Crippen LogP contribution in [0.5, 0.6) is 0 Å². The van der Waals surface area contributed by atoms with Gasteiger partial charge in [-0.25, -0.2) is 9.37 Å². The lowest BCUT2D eigenvalue weighted by atomic mass is 10.1. The van der Waals surface area contributed by atoms with Crippen molar-refractivity contribution in [2.75, 3.05) is 0 Å². The van der Waals surface area contributed by atoms with Gasteiger partial charge in [0.25, 0.3) is 5.56 Å². The summed E-state index contributed by atoms with van der Waals surface area (Å²) in [5, 5.41) is 2.42. The first-order chi connectivity index (χ1) is 11.1. The number of hydrogen-bond donors (Lipinski definition) is 0. The minimum absolute atomic E-state index is 0.262. The van der Waals surface area contributed by atoms with E-state index < -0.39 is 5.82 Å². The summed E-state index contributed by atoms with van der Waals surface area (Å²) in [5.41, 5.74) is 0.970. The molecule has 0 aliphatic rings. The summed E-state index contributed by atoms with van der Waals surface area (Å²) in [7, 11) is 0. The summed E-state index contributed by atoms with van der Waals surface area (Å²) in [5.74, 6) is 0.134. The molecule has 4 rings (SSSR count). The number of aryl methyl sites for hydroxylation is 1. The van der Waals surface area contributed by atoms with Crippen molar-refractivity contribution in [3.63, 3.8) is 0 Å². The molecule has 0 saturated heterocycles. The predicted octanol–water partition coefficient (Wildman–Crippen LogP) is 3.99. The Balaban J connectivity index is 2.05. The van der Waals surface area contributed by atoms with Gasteiger partial charge in [-0.15, -0.1) is 0 Å². The van der Waals surface area contributed by atoms with E-state index in [4.69, 9.17) is 0 Å². The van der Waals surface area contributed by atoms with Gasteiger partial charge in [-0.05, 0) is 48.0 Å². The van der Waals surface area contributed by atoms with Crippen LogP contribution in [0.2, 0.25) is 0 Å². The first-order valence-electron chi connectivity index (χ1n) is 7.31. The van der Waals surface area contributed by atoms with Crippen LogP contribution in [0.25, 0.3) is 27.4 Å². The third kappa shape index (κ3) is 2.19. The van der Waals surface area contributed by atoms with Crippen LogP contribution in [0.15, 0.2) is 65.5 Å². The van der Waals surface area contributed by atoms with Gasteiger partial charge in [0.05, 0.1) is 16.6 Å². The second kappa shape index (κ2) is 5.02. The molecule has 0 saturated carbocycles. The maximum Gasteiger partial charge on any atom is 0.266 e. The molecule has 0 N–H and O–H groups in total. The van der Waals surface area contributed by atoms with E-state index in [1.54, 1.807) is 6.92 Å². The van der Waals surface area contributed by atoms with E-state index in [9.17, 15) is 9.18 Å². The minimum atomic E-state index is -0.440. The zero-order chi connectivity index (χ0) is 16.0. The molecule has 4 heteroatoms.